The van der Waals surface area contributed by atoms with E-state index in [9.17, 15) is 0 Å². The molecule has 20 heavy (non-hydrogen) atoms. The lowest BCUT2D eigenvalue weighted by Gasteiger charge is -2.11. The second-order valence-electron chi connectivity index (χ2n) is 4.20. The van der Waals surface area contributed by atoms with Crippen molar-refractivity contribution in [3.8, 4) is 11.5 Å². The van der Waals surface area contributed by atoms with Crippen molar-refractivity contribution in [2.75, 3.05) is 19.5 Å². The Morgan fingerprint density at radius 3 is 2.15 bits per heavy atom. The molecule has 0 aliphatic carbocycles. The molecule has 0 bridgehead atoms. The third-order valence-corrected chi connectivity index (χ3v) is 3.37. The first-order valence-electron chi connectivity index (χ1n) is 6.03. The summed E-state index contributed by atoms with van der Waals surface area (Å²) < 4.78 is 10.5. The van der Waals surface area contributed by atoms with Gasteiger partial charge in [0.15, 0.2) is 0 Å². The van der Waals surface area contributed by atoms with Gasteiger partial charge in [-0.1, -0.05) is 23.2 Å². The lowest BCUT2D eigenvalue weighted by molar-refractivity contribution is 0.393. The third kappa shape index (κ3) is 3.71. The van der Waals surface area contributed by atoms with Crippen LogP contribution in [-0.2, 0) is 6.54 Å². The van der Waals surface area contributed by atoms with Crippen LogP contribution >= 0.6 is 23.2 Å². The molecule has 0 spiro atoms. The van der Waals surface area contributed by atoms with Gasteiger partial charge in [0.1, 0.15) is 11.5 Å². The average Bonchev–Trinajstić information content (AvgIpc) is 2.46. The van der Waals surface area contributed by atoms with Crippen LogP contribution in [0, 0.1) is 0 Å². The monoisotopic (exact) mass is 311 g/mol. The quantitative estimate of drug-likeness (QED) is 0.873. The highest BCUT2D eigenvalue weighted by Gasteiger charge is 2.04. The molecule has 0 radical (unpaired) electrons. The molecule has 0 amide bonds. The maximum Gasteiger partial charge on any atom is 0.122 e. The van der Waals surface area contributed by atoms with E-state index in [-0.39, 0.29) is 0 Å². The normalized spacial score (nSPS) is 10.2. The van der Waals surface area contributed by atoms with Crippen molar-refractivity contribution in [3.63, 3.8) is 0 Å². The smallest absolute Gasteiger partial charge is 0.122 e. The number of rotatable bonds is 5. The zero-order valence-electron chi connectivity index (χ0n) is 11.2. The summed E-state index contributed by atoms with van der Waals surface area (Å²) in [6.07, 6.45) is 0. The number of hydrogen-bond acceptors (Lipinski definition) is 3. The average molecular weight is 312 g/mol. The first kappa shape index (κ1) is 14.8. The summed E-state index contributed by atoms with van der Waals surface area (Å²) in [5.41, 5.74) is 1.87. The summed E-state index contributed by atoms with van der Waals surface area (Å²) in [4.78, 5) is 0. The Hall–Kier alpha value is -1.58. The largest absolute Gasteiger partial charge is 0.497 e. The molecule has 0 fully saturated rings. The molecule has 106 valence electrons. The van der Waals surface area contributed by atoms with Gasteiger partial charge in [-0.25, -0.2) is 0 Å². The highest BCUT2D eigenvalue weighted by atomic mass is 35.5. The summed E-state index contributed by atoms with van der Waals surface area (Å²) in [7, 11) is 3.25. The van der Waals surface area contributed by atoms with Gasteiger partial charge in [0.2, 0.25) is 0 Å². The number of halogens is 2. The molecule has 1 N–H and O–H groups in total. The van der Waals surface area contributed by atoms with Crippen LogP contribution in [-0.4, -0.2) is 14.2 Å². The van der Waals surface area contributed by atoms with Crippen LogP contribution in [0.1, 0.15) is 5.56 Å². The van der Waals surface area contributed by atoms with Crippen molar-refractivity contribution in [2.45, 2.75) is 6.54 Å². The molecular weight excluding hydrogens is 297 g/mol. The molecule has 5 heteroatoms. The topological polar surface area (TPSA) is 30.5 Å². The van der Waals surface area contributed by atoms with Gasteiger partial charge in [0.05, 0.1) is 24.9 Å². The maximum absolute atomic E-state index is 6.12. The van der Waals surface area contributed by atoms with Gasteiger partial charge in [-0.3, -0.25) is 0 Å². The van der Waals surface area contributed by atoms with Gasteiger partial charge in [0.25, 0.3) is 0 Å². The fourth-order valence-corrected chi connectivity index (χ4v) is 2.27. The van der Waals surface area contributed by atoms with Gasteiger partial charge in [-0.15, -0.1) is 0 Å². The van der Waals surface area contributed by atoms with E-state index in [1.807, 2.05) is 24.3 Å². The fourth-order valence-electron chi connectivity index (χ4n) is 1.80. The molecule has 0 aliphatic heterocycles. The van der Waals surface area contributed by atoms with Crippen LogP contribution < -0.4 is 14.8 Å². The van der Waals surface area contributed by atoms with Crippen molar-refractivity contribution in [1.82, 2.24) is 0 Å². The van der Waals surface area contributed by atoms with E-state index in [4.69, 9.17) is 32.7 Å². The molecule has 2 aromatic rings. The van der Waals surface area contributed by atoms with E-state index < -0.39 is 0 Å². The maximum atomic E-state index is 6.12. The second kappa shape index (κ2) is 6.73. The predicted molar refractivity (Wildman–Crippen MR) is 83.3 cm³/mol. The summed E-state index contributed by atoms with van der Waals surface area (Å²) in [6.45, 7) is 0.606. The predicted octanol–water partition coefficient (Wildman–Crippen LogP) is 4.62. The Balaban J connectivity index is 2.13. The molecule has 0 aromatic heterocycles. The number of nitrogens with one attached hydrogen (secondary N) is 1. The number of hydrogen-bond donors (Lipinski definition) is 1. The van der Waals surface area contributed by atoms with Crippen LogP contribution in [0.3, 0.4) is 0 Å². The molecular formula is C15H15Cl2NO2. The molecule has 0 unspecified atom stereocenters. The second-order valence-corrected chi connectivity index (χ2v) is 5.04. The van der Waals surface area contributed by atoms with Crippen molar-refractivity contribution >= 4 is 28.9 Å². The van der Waals surface area contributed by atoms with Crippen LogP contribution in [0.2, 0.25) is 10.0 Å². The first-order chi connectivity index (χ1) is 9.62. The summed E-state index contributed by atoms with van der Waals surface area (Å²) in [5, 5.41) is 4.46. The van der Waals surface area contributed by atoms with Gasteiger partial charge in [0, 0.05) is 17.6 Å². The number of ether oxygens (including phenoxy) is 2. The van der Waals surface area contributed by atoms with Gasteiger partial charge in [-0.05, 0) is 35.9 Å². The molecule has 0 aliphatic rings. The third-order valence-electron chi connectivity index (χ3n) is 2.83. The SMILES string of the molecule is COc1cc(CNc2ccc(Cl)cc2Cl)cc(OC)c1. The van der Waals surface area contributed by atoms with Crippen LogP contribution in [0.5, 0.6) is 11.5 Å². The summed E-state index contributed by atoms with van der Waals surface area (Å²) >= 11 is 12.0. The summed E-state index contributed by atoms with van der Waals surface area (Å²) in [5.74, 6) is 1.51. The fraction of sp³-hybridized carbons (Fsp3) is 0.200. The van der Waals surface area contributed by atoms with Crippen molar-refractivity contribution in [3.05, 3.63) is 52.0 Å². The van der Waals surface area contributed by atoms with E-state index in [1.54, 1.807) is 26.4 Å². The van der Waals surface area contributed by atoms with E-state index in [0.29, 0.717) is 16.6 Å². The van der Waals surface area contributed by atoms with Gasteiger partial charge >= 0.3 is 0 Å². The van der Waals surface area contributed by atoms with Crippen molar-refractivity contribution < 1.29 is 9.47 Å². The Morgan fingerprint density at radius 1 is 0.950 bits per heavy atom. The lowest BCUT2D eigenvalue weighted by Crippen LogP contribution is -2.01. The van der Waals surface area contributed by atoms with E-state index in [2.05, 4.69) is 5.32 Å². The Labute approximate surface area is 128 Å². The minimum absolute atomic E-state index is 0.590. The highest BCUT2D eigenvalue weighted by Crippen LogP contribution is 2.27. The van der Waals surface area contributed by atoms with E-state index in [0.717, 1.165) is 22.7 Å². The number of anilines is 1. The Morgan fingerprint density at radius 2 is 1.60 bits per heavy atom. The van der Waals surface area contributed by atoms with Crippen LogP contribution in [0.15, 0.2) is 36.4 Å². The van der Waals surface area contributed by atoms with Crippen molar-refractivity contribution in [2.24, 2.45) is 0 Å². The molecule has 0 heterocycles. The van der Waals surface area contributed by atoms with Crippen LogP contribution in [0.25, 0.3) is 0 Å². The Bertz CT molecular complexity index is 580. The van der Waals surface area contributed by atoms with Gasteiger partial charge < -0.3 is 14.8 Å². The van der Waals surface area contributed by atoms with Crippen LogP contribution in [0.4, 0.5) is 5.69 Å². The summed E-state index contributed by atoms with van der Waals surface area (Å²) in [6, 6.07) is 11.1. The Kier molecular flexibility index (Phi) is 4.99. The minimum Gasteiger partial charge on any atom is -0.497 e. The molecule has 2 rings (SSSR count). The molecule has 0 saturated carbocycles. The van der Waals surface area contributed by atoms with Crippen molar-refractivity contribution in [1.29, 1.82) is 0 Å². The molecule has 2 aromatic carbocycles. The molecule has 0 atom stereocenters. The standard InChI is InChI=1S/C15H15Cl2NO2/c1-19-12-5-10(6-13(8-12)20-2)9-18-15-4-3-11(16)7-14(15)17/h3-8,18H,9H2,1-2H3. The minimum atomic E-state index is 0.590. The zero-order chi connectivity index (χ0) is 14.5. The van der Waals surface area contributed by atoms with E-state index in [1.165, 1.54) is 0 Å². The molecule has 3 nitrogen and oxygen atoms in total. The molecule has 0 saturated heterocycles. The van der Waals surface area contributed by atoms with E-state index >= 15 is 0 Å². The highest BCUT2D eigenvalue weighted by molar-refractivity contribution is 6.36. The lowest BCUT2D eigenvalue weighted by atomic mass is 10.2. The number of methoxy groups -OCH3 is 2. The number of benzene rings is 2. The zero-order valence-corrected chi connectivity index (χ0v) is 12.8. The first-order valence-corrected chi connectivity index (χ1v) is 6.79. The van der Waals surface area contributed by atoms with Gasteiger partial charge in [-0.2, -0.15) is 0 Å².